The van der Waals surface area contributed by atoms with Gasteiger partial charge in [-0.1, -0.05) is 6.92 Å². The molecule has 0 N–H and O–H groups in total. The number of likely N-dealkylation sites (N-methyl/N-ethyl adjacent to an activating group) is 1. The molecule has 0 unspecified atom stereocenters. The minimum Gasteiger partial charge on any atom is -0.380 e. The van der Waals surface area contributed by atoms with Gasteiger partial charge in [0.15, 0.2) is 5.78 Å². The SMILES string of the molecule is CCOCCN(CC)CC(=O)c1sccc1Br. The molecule has 1 aromatic heterocycles. The van der Waals surface area contributed by atoms with Gasteiger partial charge in [0, 0.05) is 17.6 Å². The number of ketones is 1. The molecule has 0 aromatic carbocycles. The molecule has 0 amide bonds. The summed E-state index contributed by atoms with van der Waals surface area (Å²) in [6.07, 6.45) is 0. The van der Waals surface area contributed by atoms with Crippen molar-refractivity contribution in [2.45, 2.75) is 13.8 Å². The third kappa shape index (κ3) is 4.87. The zero-order valence-electron chi connectivity index (χ0n) is 10.2. The second-order valence-electron chi connectivity index (χ2n) is 3.59. The minimum absolute atomic E-state index is 0.172. The van der Waals surface area contributed by atoms with Gasteiger partial charge in [-0.05, 0) is 40.8 Å². The van der Waals surface area contributed by atoms with Gasteiger partial charge >= 0.3 is 0 Å². The second-order valence-corrected chi connectivity index (χ2v) is 5.36. The molecular formula is C12H18BrNO2S. The normalized spacial score (nSPS) is 11.1. The summed E-state index contributed by atoms with van der Waals surface area (Å²) in [4.78, 5) is 14.9. The fraction of sp³-hybridized carbons (Fsp3) is 0.583. The Labute approximate surface area is 115 Å². The number of carbonyl (C=O) groups is 1. The summed E-state index contributed by atoms with van der Waals surface area (Å²) in [5.74, 6) is 0.172. The minimum atomic E-state index is 0.172. The highest BCUT2D eigenvalue weighted by Crippen LogP contribution is 2.23. The Bertz CT molecular complexity index is 354. The number of thiophene rings is 1. The number of rotatable bonds is 8. The molecule has 0 atom stereocenters. The van der Waals surface area contributed by atoms with E-state index in [1.54, 1.807) is 0 Å². The van der Waals surface area contributed by atoms with Crippen LogP contribution in [0.3, 0.4) is 0 Å². The molecule has 1 rings (SSSR count). The monoisotopic (exact) mass is 319 g/mol. The lowest BCUT2D eigenvalue weighted by Crippen LogP contribution is -2.32. The molecule has 0 aliphatic heterocycles. The number of carbonyl (C=O) groups excluding carboxylic acids is 1. The Morgan fingerprint density at radius 2 is 2.29 bits per heavy atom. The van der Waals surface area contributed by atoms with Crippen LogP contribution in [0.15, 0.2) is 15.9 Å². The van der Waals surface area contributed by atoms with Crippen LogP contribution in [-0.4, -0.2) is 43.5 Å². The van der Waals surface area contributed by atoms with E-state index in [2.05, 4.69) is 27.8 Å². The molecule has 5 heteroatoms. The van der Waals surface area contributed by atoms with Gasteiger partial charge in [-0.2, -0.15) is 0 Å². The highest BCUT2D eigenvalue weighted by Gasteiger charge is 2.14. The van der Waals surface area contributed by atoms with Gasteiger partial charge in [0.1, 0.15) is 0 Å². The average Bonchev–Trinajstić information content (AvgIpc) is 2.74. The lowest BCUT2D eigenvalue weighted by Gasteiger charge is -2.18. The molecule has 96 valence electrons. The molecule has 0 aliphatic rings. The van der Waals surface area contributed by atoms with Crippen molar-refractivity contribution >= 4 is 33.0 Å². The van der Waals surface area contributed by atoms with E-state index in [0.717, 1.165) is 29.0 Å². The summed E-state index contributed by atoms with van der Waals surface area (Å²) in [7, 11) is 0. The first-order chi connectivity index (χ1) is 8.19. The average molecular weight is 320 g/mol. The molecule has 0 bridgehead atoms. The molecule has 1 heterocycles. The summed E-state index contributed by atoms with van der Waals surface area (Å²) in [5, 5.41) is 1.92. The lowest BCUT2D eigenvalue weighted by molar-refractivity contribution is 0.0870. The van der Waals surface area contributed by atoms with Crippen LogP contribution in [0.5, 0.6) is 0 Å². The number of halogens is 1. The summed E-state index contributed by atoms with van der Waals surface area (Å²) >= 11 is 4.87. The molecule has 3 nitrogen and oxygen atoms in total. The molecular weight excluding hydrogens is 302 g/mol. The van der Waals surface area contributed by atoms with Gasteiger partial charge in [0.25, 0.3) is 0 Å². The summed E-state index contributed by atoms with van der Waals surface area (Å²) in [5.41, 5.74) is 0. The second kappa shape index (κ2) is 7.97. The molecule has 0 fully saturated rings. The quantitative estimate of drug-likeness (QED) is 0.545. The number of nitrogens with zero attached hydrogens (tertiary/aromatic N) is 1. The maximum Gasteiger partial charge on any atom is 0.187 e. The van der Waals surface area contributed by atoms with E-state index < -0.39 is 0 Å². The highest BCUT2D eigenvalue weighted by molar-refractivity contribution is 9.10. The van der Waals surface area contributed by atoms with E-state index in [1.165, 1.54) is 11.3 Å². The van der Waals surface area contributed by atoms with E-state index in [9.17, 15) is 4.79 Å². The van der Waals surface area contributed by atoms with Gasteiger partial charge in [-0.25, -0.2) is 0 Å². The van der Waals surface area contributed by atoms with Crippen molar-refractivity contribution in [3.8, 4) is 0 Å². The third-order valence-electron chi connectivity index (χ3n) is 2.44. The molecule has 0 saturated carbocycles. The Kier molecular flexibility index (Phi) is 6.96. The first-order valence-corrected chi connectivity index (χ1v) is 7.42. The van der Waals surface area contributed by atoms with Gasteiger partial charge in [-0.15, -0.1) is 11.3 Å². The largest absolute Gasteiger partial charge is 0.380 e. The number of ether oxygens (including phenoxy) is 1. The topological polar surface area (TPSA) is 29.5 Å². The van der Waals surface area contributed by atoms with Crippen LogP contribution in [0.2, 0.25) is 0 Å². The molecule has 0 spiro atoms. The zero-order chi connectivity index (χ0) is 12.7. The Morgan fingerprint density at radius 3 is 2.82 bits per heavy atom. The fourth-order valence-electron chi connectivity index (χ4n) is 1.45. The van der Waals surface area contributed by atoms with Crippen molar-refractivity contribution in [1.29, 1.82) is 0 Å². The van der Waals surface area contributed by atoms with Crippen LogP contribution in [0.4, 0.5) is 0 Å². The van der Waals surface area contributed by atoms with E-state index in [0.29, 0.717) is 13.2 Å². The van der Waals surface area contributed by atoms with Crippen LogP contribution in [0.1, 0.15) is 23.5 Å². The van der Waals surface area contributed by atoms with Crippen molar-refractivity contribution in [1.82, 2.24) is 4.90 Å². The smallest absolute Gasteiger partial charge is 0.187 e. The van der Waals surface area contributed by atoms with E-state index in [1.807, 2.05) is 18.4 Å². The lowest BCUT2D eigenvalue weighted by atomic mass is 10.3. The Balaban J connectivity index is 2.45. The predicted molar refractivity (Wildman–Crippen MR) is 75.0 cm³/mol. The van der Waals surface area contributed by atoms with E-state index in [4.69, 9.17) is 4.74 Å². The zero-order valence-corrected chi connectivity index (χ0v) is 12.6. The number of Topliss-reactive ketones (excluding diaryl/α,β-unsaturated/α-hetero) is 1. The summed E-state index contributed by atoms with van der Waals surface area (Å²) in [6.45, 7) is 7.57. The summed E-state index contributed by atoms with van der Waals surface area (Å²) in [6, 6.07) is 1.91. The van der Waals surface area contributed by atoms with Crippen molar-refractivity contribution in [3.63, 3.8) is 0 Å². The van der Waals surface area contributed by atoms with Crippen LogP contribution in [0, 0.1) is 0 Å². The van der Waals surface area contributed by atoms with Gasteiger partial charge in [0.05, 0.1) is 18.0 Å². The van der Waals surface area contributed by atoms with Gasteiger partial charge in [-0.3, -0.25) is 9.69 Å². The number of hydrogen-bond acceptors (Lipinski definition) is 4. The first kappa shape index (κ1) is 14.8. The van der Waals surface area contributed by atoms with Crippen LogP contribution >= 0.6 is 27.3 Å². The van der Waals surface area contributed by atoms with Crippen molar-refractivity contribution in [2.75, 3.05) is 32.8 Å². The predicted octanol–water partition coefficient (Wildman–Crippen LogP) is 3.05. The summed E-state index contributed by atoms with van der Waals surface area (Å²) < 4.78 is 6.20. The van der Waals surface area contributed by atoms with Crippen LogP contribution < -0.4 is 0 Å². The maximum absolute atomic E-state index is 12.0. The van der Waals surface area contributed by atoms with Crippen LogP contribution in [-0.2, 0) is 4.74 Å². The van der Waals surface area contributed by atoms with Gasteiger partial charge < -0.3 is 4.74 Å². The first-order valence-electron chi connectivity index (χ1n) is 5.75. The third-order valence-corrected chi connectivity index (χ3v) is 4.32. The van der Waals surface area contributed by atoms with Crippen molar-refractivity contribution in [3.05, 3.63) is 20.8 Å². The number of hydrogen-bond donors (Lipinski definition) is 0. The molecule has 0 saturated heterocycles. The van der Waals surface area contributed by atoms with Gasteiger partial charge in [0.2, 0.25) is 0 Å². The van der Waals surface area contributed by atoms with Crippen molar-refractivity contribution < 1.29 is 9.53 Å². The van der Waals surface area contributed by atoms with Crippen LogP contribution in [0.25, 0.3) is 0 Å². The molecule has 17 heavy (non-hydrogen) atoms. The highest BCUT2D eigenvalue weighted by atomic mass is 79.9. The Hall–Kier alpha value is -0.230. The maximum atomic E-state index is 12.0. The van der Waals surface area contributed by atoms with E-state index in [-0.39, 0.29) is 5.78 Å². The fourth-order valence-corrected chi connectivity index (χ4v) is 2.98. The van der Waals surface area contributed by atoms with E-state index >= 15 is 0 Å². The Morgan fingerprint density at radius 1 is 1.53 bits per heavy atom. The molecule has 0 aliphatic carbocycles. The standard InChI is InChI=1S/C12H18BrNO2S/c1-3-14(6-7-16-4-2)9-11(15)12-10(13)5-8-17-12/h5,8H,3-4,6-7,9H2,1-2H3. The van der Waals surface area contributed by atoms with Crippen molar-refractivity contribution in [2.24, 2.45) is 0 Å². The molecule has 0 radical (unpaired) electrons. The molecule has 1 aromatic rings.